The molecule has 1 unspecified atom stereocenters. The molecule has 5 rings (SSSR count). The van der Waals surface area contributed by atoms with Gasteiger partial charge in [-0.2, -0.15) is 0 Å². The van der Waals surface area contributed by atoms with Crippen molar-refractivity contribution in [2.75, 3.05) is 0 Å². The molecule has 1 aromatic heterocycles. The van der Waals surface area contributed by atoms with Gasteiger partial charge in [-0.1, -0.05) is 105 Å². The second-order valence-electron chi connectivity index (χ2n) is 11.8. The van der Waals surface area contributed by atoms with E-state index in [1.807, 2.05) is 65.2 Å². The maximum atomic E-state index is 13.6. The highest BCUT2D eigenvalue weighted by Crippen LogP contribution is 2.30. The first-order valence-corrected chi connectivity index (χ1v) is 15.4. The summed E-state index contributed by atoms with van der Waals surface area (Å²) in [6.45, 7) is 8.46. The zero-order valence-corrected chi connectivity index (χ0v) is 26.0. The van der Waals surface area contributed by atoms with Crippen molar-refractivity contribution in [3.05, 3.63) is 147 Å². The molecule has 4 aromatic carbocycles. The number of nitro benzene ring substituents is 1. The van der Waals surface area contributed by atoms with E-state index in [1.54, 1.807) is 12.1 Å². The molecule has 9 heteroatoms. The summed E-state index contributed by atoms with van der Waals surface area (Å²) in [5, 5.41) is 24.4. The predicted octanol–water partition coefficient (Wildman–Crippen LogP) is 7.79. The third kappa shape index (κ3) is 7.41. The van der Waals surface area contributed by atoms with E-state index >= 15 is 0 Å². The fraction of sp³-hybridized carbons (Fsp3) is 0.229. The van der Waals surface area contributed by atoms with Crippen LogP contribution in [0.3, 0.4) is 0 Å². The van der Waals surface area contributed by atoms with E-state index in [0.29, 0.717) is 34.4 Å². The lowest BCUT2D eigenvalue weighted by Crippen LogP contribution is -2.32. The average Bonchev–Trinajstić information content (AvgIpc) is 3.44. The van der Waals surface area contributed by atoms with Crippen LogP contribution in [0.25, 0.3) is 5.69 Å². The molecule has 224 valence electrons. The number of benzene rings is 4. The van der Waals surface area contributed by atoms with Gasteiger partial charge < -0.3 is 5.32 Å². The van der Waals surface area contributed by atoms with Gasteiger partial charge in [-0.3, -0.25) is 19.5 Å². The zero-order chi connectivity index (χ0) is 31.3. The highest BCUT2D eigenvalue weighted by atomic mass is 32.2. The fourth-order valence-corrected chi connectivity index (χ4v) is 5.84. The number of amides is 1. The van der Waals surface area contributed by atoms with Crippen LogP contribution in [0.15, 0.2) is 108 Å². The summed E-state index contributed by atoms with van der Waals surface area (Å²) in [6, 6.07) is 31.6. The third-order valence-corrected chi connectivity index (χ3v) is 8.34. The highest BCUT2D eigenvalue weighted by molar-refractivity contribution is 7.98. The number of aryl methyl sites for hydroxylation is 1. The van der Waals surface area contributed by atoms with Gasteiger partial charge in [0.05, 0.1) is 11.0 Å². The van der Waals surface area contributed by atoms with Crippen LogP contribution in [-0.4, -0.2) is 25.6 Å². The Balaban J connectivity index is 1.54. The molecule has 1 amide bonds. The maximum Gasteiger partial charge on any atom is 0.269 e. The molecule has 0 spiro atoms. The van der Waals surface area contributed by atoms with Crippen molar-refractivity contribution in [3.8, 4) is 5.69 Å². The standard InChI is InChI=1S/C35H35N5O3S/c1-24-9-8-12-26(21-24)23-44-34-38-37-32(39(34)29-17-19-30(20-18-29)40(42)43)31(22-25-10-6-5-7-11-25)36-33(41)27-13-15-28(16-14-27)35(2,3)4/h5-21,31H,22-23H2,1-4H3,(H,36,41). The molecule has 0 aliphatic heterocycles. The van der Waals surface area contributed by atoms with Gasteiger partial charge in [0.25, 0.3) is 11.6 Å². The van der Waals surface area contributed by atoms with Crippen LogP contribution in [0.4, 0.5) is 5.69 Å². The number of nitrogens with zero attached hydrogens (tertiary/aromatic N) is 4. The lowest BCUT2D eigenvalue weighted by atomic mass is 9.86. The molecule has 1 N–H and O–H groups in total. The first-order valence-electron chi connectivity index (χ1n) is 14.4. The Morgan fingerprint density at radius 2 is 1.59 bits per heavy atom. The van der Waals surface area contributed by atoms with E-state index in [1.165, 1.54) is 29.5 Å². The van der Waals surface area contributed by atoms with Crippen LogP contribution >= 0.6 is 11.8 Å². The van der Waals surface area contributed by atoms with E-state index in [4.69, 9.17) is 0 Å². The van der Waals surface area contributed by atoms with Gasteiger partial charge >= 0.3 is 0 Å². The van der Waals surface area contributed by atoms with E-state index in [0.717, 1.165) is 16.7 Å². The van der Waals surface area contributed by atoms with E-state index in [9.17, 15) is 14.9 Å². The van der Waals surface area contributed by atoms with Gasteiger partial charge in [0, 0.05) is 29.1 Å². The molecule has 5 aromatic rings. The summed E-state index contributed by atoms with van der Waals surface area (Å²) in [6.07, 6.45) is 0.473. The zero-order valence-electron chi connectivity index (χ0n) is 25.2. The van der Waals surface area contributed by atoms with Crippen molar-refractivity contribution in [3.63, 3.8) is 0 Å². The topological polar surface area (TPSA) is 103 Å². The number of nitrogens with one attached hydrogen (secondary N) is 1. The van der Waals surface area contributed by atoms with Crippen molar-refractivity contribution in [1.82, 2.24) is 20.1 Å². The molecule has 0 fully saturated rings. The van der Waals surface area contributed by atoms with E-state index < -0.39 is 11.0 Å². The van der Waals surface area contributed by atoms with Crippen LogP contribution in [0.5, 0.6) is 0 Å². The van der Waals surface area contributed by atoms with Crippen molar-refractivity contribution in [1.29, 1.82) is 0 Å². The van der Waals surface area contributed by atoms with Gasteiger partial charge in [0.1, 0.15) is 0 Å². The number of aromatic nitrogens is 3. The van der Waals surface area contributed by atoms with E-state index in [2.05, 4.69) is 61.4 Å². The number of carbonyl (C=O) groups is 1. The normalized spacial score (nSPS) is 12.1. The lowest BCUT2D eigenvalue weighted by molar-refractivity contribution is -0.384. The Labute approximate surface area is 261 Å². The van der Waals surface area contributed by atoms with Gasteiger partial charge in [-0.15, -0.1) is 10.2 Å². The average molecular weight is 606 g/mol. The predicted molar refractivity (Wildman–Crippen MR) is 174 cm³/mol. The molecule has 0 saturated carbocycles. The van der Waals surface area contributed by atoms with Gasteiger partial charge in [-0.05, 0) is 59.7 Å². The van der Waals surface area contributed by atoms with Crippen molar-refractivity contribution < 1.29 is 9.72 Å². The number of hydrogen-bond donors (Lipinski definition) is 1. The monoisotopic (exact) mass is 605 g/mol. The van der Waals surface area contributed by atoms with Crippen LogP contribution in [0.1, 0.15) is 65.2 Å². The lowest BCUT2D eigenvalue weighted by Gasteiger charge is -2.21. The first-order chi connectivity index (χ1) is 21.1. The van der Waals surface area contributed by atoms with Gasteiger partial charge in [0.2, 0.25) is 0 Å². The second-order valence-corrected chi connectivity index (χ2v) is 12.7. The molecule has 1 heterocycles. The molecule has 0 saturated heterocycles. The number of non-ortho nitro benzene ring substituents is 1. The molecular weight excluding hydrogens is 570 g/mol. The highest BCUT2D eigenvalue weighted by Gasteiger charge is 2.26. The van der Waals surface area contributed by atoms with Crippen LogP contribution < -0.4 is 5.32 Å². The molecule has 0 radical (unpaired) electrons. The number of carbonyl (C=O) groups excluding carboxylic acids is 1. The summed E-state index contributed by atoms with van der Waals surface area (Å²) in [7, 11) is 0. The fourth-order valence-electron chi connectivity index (χ4n) is 4.94. The van der Waals surface area contributed by atoms with Gasteiger partial charge in [-0.25, -0.2) is 0 Å². The maximum absolute atomic E-state index is 13.6. The Morgan fingerprint density at radius 1 is 0.909 bits per heavy atom. The van der Waals surface area contributed by atoms with Crippen LogP contribution in [-0.2, 0) is 17.6 Å². The first kappa shape index (κ1) is 30.7. The summed E-state index contributed by atoms with van der Waals surface area (Å²) in [5.74, 6) is 0.968. The Kier molecular flexibility index (Phi) is 9.25. The minimum atomic E-state index is -0.539. The van der Waals surface area contributed by atoms with E-state index in [-0.39, 0.29) is 17.0 Å². The van der Waals surface area contributed by atoms with Crippen LogP contribution in [0.2, 0.25) is 0 Å². The quantitative estimate of drug-likeness (QED) is 0.0990. The van der Waals surface area contributed by atoms with Crippen molar-refractivity contribution in [2.24, 2.45) is 0 Å². The summed E-state index contributed by atoms with van der Waals surface area (Å²) in [4.78, 5) is 24.6. The number of hydrogen-bond acceptors (Lipinski definition) is 6. The molecule has 0 aliphatic rings. The Bertz CT molecular complexity index is 1740. The molecular formula is C35H35N5O3S. The summed E-state index contributed by atoms with van der Waals surface area (Å²) in [5.41, 5.74) is 5.65. The smallest absolute Gasteiger partial charge is 0.269 e. The molecule has 8 nitrogen and oxygen atoms in total. The number of nitro groups is 1. The minimum absolute atomic E-state index is 0.00909. The third-order valence-electron chi connectivity index (χ3n) is 7.34. The molecule has 44 heavy (non-hydrogen) atoms. The molecule has 1 atom stereocenters. The minimum Gasteiger partial charge on any atom is -0.342 e. The Morgan fingerprint density at radius 3 is 2.23 bits per heavy atom. The van der Waals surface area contributed by atoms with Crippen molar-refractivity contribution in [2.45, 2.75) is 56.5 Å². The Hall–Kier alpha value is -4.76. The summed E-state index contributed by atoms with van der Waals surface area (Å²) >= 11 is 1.52. The van der Waals surface area contributed by atoms with Gasteiger partial charge in [0.15, 0.2) is 11.0 Å². The molecule has 0 aliphatic carbocycles. The molecule has 0 bridgehead atoms. The number of rotatable bonds is 10. The van der Waals surface area contributed by atoms with Crippen LogP contribution in [0, 0.1) is 17.0 Å². The summed E-state index contributed by atoms with van der Waals surface area (Å²) < 4.78 is 1.89. The largest absolute Gasteiger partial charge is 0.342 e. The van der Waals surface area contributed by atoms with Crippen molar-refractivity contribution >= 4 is 23.4 Å². The SMILES string of the molecule is Cc1cccc(CSc2nnc(C(Cc3ccccc3)NC(=O)c3ccc(C(C)(C)C)cc3)n2-c2ccc([N+](=O)[O-])cc2)c1. The second kappa shape index (κ2) is 13.3. The number of thioether (sulfide) groups is 1.